The Kier molecular flexibility index (Phi) is 4.83. The molecule has 136 valence electrons. The van der Waals surface area contributed by atoms with Gasteiger partial charge in [0.1, 0.15) is 12.2 Å². The normalized spacial score (nSPS) is 22.0. The second kappa shape index (κ2) is 6.76. The fourth-order valence-electron chi connectivity index (χ4n) is 3.42. The third-order valence-electron chi connectivity index (χ3n) is 4.49. The highest BCUT2D eigenvalue weighted by atomic mass is 19.4. The van der Waals surface area contributed by atoms with Crippen molar-refractivity contribution in [3.05, 3.63) is 47.5 Å². The van der Waals surface area contributed by atoms with Gasteiger partial charge in [-0.15, -0.1) is 0 Å². The number of aromatic nitrogens is 3. The number of halogens is 3. The first-order valence-corrected chi connectivity index (χ1v) is 8.24. The lowest BCUT2D eigenvalue weighted by Crippen LogP contribution is -2.28. The van der Waals surface area contributed by atoms with Gasteiger partial charge in [0.25, 0.3) is 0 Å². The average Bonchev–Trinajstić information content (AvgIpc) is 3.13. The topological polar surface area (TPSA) is 54.2 Å². The van der Waals surface area contributed by atoms with E-state index < -0.39 is 23.9 Å². The van der Waals surface area contributed by atoms with Crippen LogP contribution in [0.1, 0.15) is 49.3 Å². The Morgan fingerprint density at radius 3 is 2.68 bits per heavy atom. The van der Waals surface area contributed by atoms with Gasteiger partial charge >= 0.3 is 6.18 Å². The summed E-state index contributed by atoms with van der Waals surface area (Å²) in [6, 6.07) is 5.17. The van der Waals surface area contributed by atoms with Crippen molar-refractivity contribution in [2.75, 3.05) is 6.54 Å². The smallest absolute Gasteiger partial charge is 0.392 e. The first-order valence-electron chi connectivity index (χ1n) is 8.24. The fourth-order valence-corrected chi connectivity index (χ4v) is 3.42. The van der Waals surface area contributed by atoms with Crippen molar-refractivity contribution in [3.8, 4) is 0 Å². The van der Waals surface area contributed by atoms with Crippen molar-refractivity contribution in [2.45, 2.75) is 51.2 Å². The first-order chi connectivity index (χ1) is 11.8. The Morgan fingerprint density at radius 1 is 1.28 bits per heavy atom. The number of aliphatic hydroxyl groups excluding tert-OH is 1. The molecule has 2 atom stereocenters. The molecule has 2 heterocycles. The Bertz CT molecular complexity index is 729. The molecule has 1 saturated heterocycles. The number of β-amino-alcohol motifs (C(OH)–C–C–N with tert-alkyl or cyclic N) is 1. The van der Waals surface area contributed by atoms with Crippen LogP contribution in [-0.4, -0.2) is 37.4 Å². The number of rotatable bonds is 4. The van der Waals surface area contributed by atoms with E-state index in [-0.39, 0.29) is 18.0 Å². The number of aliphatic hydroxyl groups is 1. The van der Waals surface area contributed by atoms with Gasteiger partial charge in [0.2, 0.25) is 0 Å². The molecule has 0 spiro atoms. The molecule has 0 aliphatic carbocycles. The Morgan fingerprint density at radius 2 is 2.00 bits per heavy atom. The molecule has 1 aromatic heterocycles. The molecule has 1 fully saturated rings. The predicted molar refractivity (Wildman–Crippen MR) is 85.6 cm³/mol. The number of benzene rings is 1. The van der Waals surface area contributed by atoms with Crippen LogP contribution in [0.3, 0.4) is 0 Å². The highest BCUT2D eigenvalue weighted by Gasteiger charge is 2.40. The van der Waals surface area contributed by atoms with Gasteiger partial charge in [-0.25, -0.2) is 9.67 Å². The molecule has 0 bridgehead atoms. The van der Waals surface area contributed by atoms with E-state index in [9.17, 15) is 18.3 Å². The molecule has 5 nitrogen and oxygen atoms in total. The average molecular weight is 354 g/mol. The molecule has 3 rings (SSSR count). The van der Waals surface area contributed by atoms with Gasteiger partial charge in [-0.05, 0) is 31.9 Å². The Hall–Kier alpha value is -1.93. The van der Waals surface area contributed by atoms with Crippen LogP contribution in [0.25, 0.3) is 0 Å². The van der Waals surface area contributed by atoms with Gasteiger partial charge < -0.3 is 5.11 Å². The summed E-state index contributed by atoms with van der Waals surface area (Å²) in [6.45, 7) is 4.58. The van der Waals surface area contributed by atoms with Crippen molar-refractivity contribution in [1.82, 2.24) is 19.7 Å². The predicted octanol–water partition coefficient (Wildman–Crippen LogP) is 3.19. The van der Waals surface area contributed by atoms with Crippen molar-refractivity contribution >= 4 is 0 Å². The minimum absolute atomic E-state index is 0.103. The molecule has 25 heavy (non-hydrogen) atoms. The van der Waals surface area contributed by atoms with E-state index in [1.54, 1.807) is 10.7 Å². The standard InChI is InChI=1S/C17H21F3N4O/c1-11(2)24-16(21-10-22-24)9-23-8-12(25)7-15(23)13-5-3-4-6-14(13)17(18,19)20/h3-6,10-12,15,25H,7-9H2,1-2H3/t12-,15-/m1/s1. The van der Waals surface area contributed by atoms with Crippen LogP contribution in [0, 0.1) is 0 Å². The van der Waals surface area contributed by atoms with Crippen LogP contribution in [0.5, 0.6) is 0 Å². The number of nitrogens with zero attached hydrogens (tertiary/aromatic N) is 4. The zero-order valence-electron chi connectivity index (χ0n) is 14.1. The summed E-state index contributed by atoms with van der Waals surface area (Å²) in [5.41, 5.74) is -0.452. The highest BCUT2D eigenvalue weighted by molar-refractivity contribution is 5.33. The maximum absolute atomic E-state index is 13.4. The lowest BCUT2D eigenvalue weighted by Gasteiger charge is -2.26. The van der Waals surface area contributed by atoms with Gasteiger partial charge in [-0.3, -0.25) is 4.90 Å². The molecular weight excluding hydrogens is 333 g/mol. The number of alkyl halides is 3. The summed E-state index contributed by atoms with van der Waals surface area (Å²) < 4.78 is 41.8. The third kappa shape index (κ3) is 3.69. The summed E-state index contributed by atoms with van der Waals surface area (Å²) in [4.78, 5) is 6.08. The van der Waals surface area contributed by atoms with E-state index in [2.05, 4.69) is 10.1 Å². The van der Waals surface area contributed by atoms with Crippen molar-refractivity contribution < 1.29 is 18.3 Å². The molecule has 0 radical (unpaired) electrons. The fraction of sp³-hybridized carbons (Fsp3) is 0.529. The Balaban J connectivity index is 1.92. The molecule has 1 aliphatic rings. The van der Waals surface area contributed by atoms with E-state index >= 15 is 0 Å². The van der Waals surface area contributed by atoms with Gasteiger partial charge in [0, 0.05) is 18.6 Å². The number of hydrogen-bond donors (Lipinski definition) is 1. The molecule has 1 aliphatic heterocycles. The van der Waals surface area contributed by atoms with Gasteiger partial charge in [-0.2, -0.15) is 18.3 Å². The van der Waals surface area contributed by atoms with Gasteiger partial charge in [0.05, 0.1) is 18.2 Å². The number of likely N-dealkylation sites (tertiary alicyclic amines) is 1. The lowest BCUT2D eigenvalue weighted by atomic mass is 9.97. The monoisotopic (exact) mass is 354 g/mol. The zero-order chi connectivity index (χ0) is 18.2. The summed E-state index contributed by atoms with van der Waals surface area (Å²) in [5, 5.41) is 14.2. The first kappa shape index (κ1) is 17.9. The molecule has 0 unspecified atom stereocenters. The minimum atomic E-state index is -4.42. The summed E-state index contributed by atoms with van der Waals surface area (Å²) in [6.07, 6.45) is -3.38. The maximum Gasteiger partial charge on any atom is 0.416 e. The van der Waals surface area contributed by atoms with E-state index in [1.807, 2.05) is 18.7 Å². The quantitative estimate of drug-likeness (QED) is 0.916. The van der Waals surface area contributed by atoms with Crippen molar-refractivity contribution in [3.63, 3.8) is 0 Å². The van der Waals surface area contributed by atoms with Crippen LogP contribution in [0.4, 0.5) is 13.2 Å². The molecule has 1 N–H and O–H groups in total. The molecule has 8 heteroatoms. The van der Waals surface area contributed by atoms with E-state index in [0.717, 1.165) is 6.07 Å². The molecule has 0 amide bonds. The van der Waals surface area contributed by atoms with Gasteiger partial charge in [-0.1, -0.05) is 18.2 Å². The molecule has 0 saturated carbocycles. The summed E-state index contributed by atoms with van der Waals surface area (Å²) >= 11 is 0. The van der Waals surface area contributed by atoms with E-state index in [4.69, 9.17) is 0 Å². The minimum Gasteiger partial charge on any atom is -0.392 e. The van der Waals surface area contributed by atoms with E-state index in [1.165, 1.54) is 18.5 Å². The summed E-state index contributed by atoms with van der Waals surface area (Å²) in [5.74, 6) is 0.679. The van der Waals surface area contributed by atoms with Gasteiger partial charge in [0.15, 0.2) is 0 Å². The lowest BCUT2D eigenvalue weighted by molar-refractivity contribution is -0.138. The maximum atomic E-state index is 13.4. The third-order valence-corrected chi connectivity index (χ3v) is 4.49. The van der Waals surface area contributed by atoms with Crippen molar-refractivity contribution in [2.24, 2.45) is 0 Å². The second-order valence-corrected chi connectivity index (χ2v) is 6.63. The highest BCUT2D eigenvalue weighted by Crippen LogP contribution is 2.40. The van der Waals surface area contributed by atoms with Crippen LogP contribution in [0.15, 0.2) is 30.6 Å². The molecule has 1 aromatic carbocycles. The Labute approximate surface area is 144 Å². The van der Waals surface area contributed by atoms with Crippen LogP contribution < -0.4 is 0 Å². The van der Waals surface area contributed by atoms with Crippen molar-refractivity contribution in [1.29, 1.82) is 0 Å². The SMILES string of the molecule is CC(C)n1ncnc1CN1C[C@H](O)C[C@@H]1c1ccccc1C(F)(F)F. The molecule has 2 aromatic rings. The number of hydrogen-bond acceptors (Lipinski definition) is 4. The molecular formula is C17H21F3N4O. The van der Waals surface area contributed by atoms with Crippen LogP contribution in [-0.2, 0) is 12.7 Å². The summed E-state index contributed by atoms with van der Waals surface area (Å²) in [7, 11) is 0. The zero-order valence-corrected chi connectivity index (χ0v) is 14.1. The largest absolute Gasteiger partial charge is 0.416 e. The second-order valence-electron chi connectivity index (χ2n) is 6.63. The van der Waals surface area contributed by atoms with E-state index in [0.29, 0.717) is 18.9 Å². The van der Waals surface area contributed by atoms with Crippen LogP contribution in [0.2, 0.25) is 0 Å². The van der Waals surface area contributed by atoms with Crippen LogP contribution >= 0.6 is 0 Å².